The van der Waals surface area contributed by atoms with Crippen LogP contribution >= 0.6 is 22.1 Å². The van der Waals surface area contributed by atoms with Crippen molar-refractivity contribution >= 4 is 32.2 Å². The molecule has 1 aliphatic rings. The Bertz CT molecular complexity index is 628. The molecule has 3 rings (SSSR count). The molecule has 1 heterocycles. The summed E-state index contributed by atoms with van der Waals surface area (Å²) in [5, 5.41) is 1.07. The minimum atomic E-state index is -4.21. The summed E-state index contributed by atoms with van der Waals surface area (Å²) in [5.41, 5.74) is -4.21. The van der Waals surface area contributed by atoms with Crippen LogP contribution < -0.4 is 12.4 Å². The van der Waals surface area contributed by atoms with Gasteiger partial charge in [-0.2, -0.15) is 0 Å². The van der Waals surface area contributed by atoms with E-state index in [2.05, 4.69) is 0 Å². The summed E-state index contributed by atoms with van der Waals surface area (Å²) in [4.78, 5) is 0.578. The lowest BCUT2D eigenvalue weighted by Crippen LogP contribution is -3.00. The van der Waals surface area contributed by atoms with Crippen molar-refractivity contribution < 1.29 is 25.6 Å². The smallest absolute Gasteiger partial charge is 0.600 e. The Labute approximate surface area is 135 Å². The van der Waals surface area contributed by atoms with Gasteiger partial charge in [-0.25, -0.2) is 0 Å². The minimum absolute atomic E-state index is 0. The fraction of sp³-hybridized carbons (Fsp3) is 0.467. The third kappa shape index (κ3) is 3.33. The molecule has 116 valence electrons. The van der Waals surface area contributed by atoms with E-state index in [0.29, 0.717) is 20.0 Å². The summed E-state index contributed by atoms with van der Waals surface area (Å²) >= 11 is 5.89. The van der Waals surface area contributed by atoms with E-state index in [0.717, 1.165) is 32.1 Å². The molecule has 0 aliphatic heterocycles. The number of hydrogen-bond acceptors (Lipinski definition) is 0. The van der Waals surface area contributed by atoms with E-state index >= 15 is 0 Å². The Hall–Kier alpha value is -0.450. The van der Waals surface area contributed by atoms with Crippen LogP contribution in [0.15, 0.2) is 24.3 Å². The summed E-state index contributed by atoms with van der Waals surface area (Å²) < 4.78 is 40.9. The summed E-state index contributed by atoms with van der Waals surface area (Å²) in [6, 6.07) is 6.62. The van der Waals surface area contributed by atoms with Crippen molar-refractivity contribution in [3.05, 3.63) is 34.2 Å². The van der Waals surface area contributed by atoms with Crippen LogP contribution in [0.25, 0.3) is 10.1 Å². The average Bonchev–Trinajstić information content (AvgIpc) is 2.78. The Balaban J connectivity index is 0.00000161. The van der Waals surface area contributed by atoms with E-state index in [-0.39, 0.29) is 18.3 Å². The molecule has 6 heteroatoms. The fourth-order valence-corrected chi connectivity index (χ4v) is 5.50. The van der Waals surface area contributed by atoms with E-state index in [1.807, 2.05) is 0 Å². The van der Waals surface area contributed by atoms with Crippen LogP contribution in [0.1, 0.15) is 42.9 Å². The van der Waals surface area contributed by atoms with Crippen molar-refractivity contribution in [2.75, 3.05) is 0 Å². The molecule has 1 aromatic heterocycles. The van der Waals surface area contributed by atoms with Crippen molar-refractivity contribution in [2.45, 2.75) is 43.5 Å². The van der Waals surface area contributed by atoms with Crippen LogP contribution in [0.4, 0.5) is 13.2 Å². The van der Waals surface area contributed by atoms with E-state index in [1.54, 1.807) is 18.2 Å². The summed E-state index contributed by atoms with van der Waals surface area (Å²) in [5.74, 6) is 0.0832. The lowest BCUT2D eigenvalue weighted by Gasteiger charge is -2.18. The summed E-state index contributed by atoms with van der Waals surface area (Å²) in [6.45, 7) is 0. The first-order chi connectivity index (χ1) is 9.47. The number of halogens is 5. The third-order valence-electron chi connectivity index (χ3n) is 3.97. The first-order valence-electron chi connectivity index (χ1n) is 6.79. The van der Waals surface area contributed by atoms with Crippen LogP contribution in [0.3, 0.4) is 0 Å². The van der Waals surface area contributed by atoms with Gasteiger partial charge < -0.3 is 12.4 Å². The molecule has 0 radical (unpaired) electrons. The number of thiophene rings is 1. The van der Waals surface area contributed by atoms with E-state index in [9.17, 15) is 13.2 Å². The maximum atomic E-state index is 13.5. The molecular weight excluding hydrogens is 340 g/mol. The number of hydrogen-bond donors (Lipinski definition) is 0. The molecule has 2 aromatic rings. The van der Waals surface area contributed by atoms with Gasteiger partial charge in [-0.1, -0.05) is 30.9 Å². The highest BCUT2D eigenvalue weighted by atomic mass is 35.5. The topological polar surface area (TPSA) is 0 Å². The van der Waals surface area contributed by atoms with Crippen molar-refractivity contribution in [1.82, 2.24) is 0 Å². The molecule has 0 saturated heterocycles. The van der Waals surface area contributed by atoms with Gasteiger partial charge in [0.15, 0.2) is 9.58 Å². The highest BCUT2D eigenvalue weighted by Crippen LogP contribution is 2.55. The molecule has 1 unspecified atom stereocenters. The van der Waals surface area contributed by atoms with Crippen LogP contribution in [0, 0.1) is 0 Å². The lowest BCUT2D eigenvalue weighted by molar-refractivity contribution is -0.0868. The number of alkyl halides is 3. The lowest BCUT2D eigenvalue weighted by atomic mass is 9.88. The van der Waals surface area contributed by atoms with Gasteiger partial charge in [0.25, 0.3) is 0 Å². The number of rotatable bonds is 1. The van der Waals surface area contributed by atoms with Crippen LogP contribution in [0.5, 0.6) is 0 Å². The van der Waals surface area contributed by atoms with Gasteiger partial charge in [-0.05, 0) is 25.0 Å². The Morgan fingerprint density at radius 3 is 2.33 bits per heavy atom. The monoisotopic (exact) mass is 354 g/mol. The van der Waals surface area contributed by atoms with Crippen molar-refractivity contribution in [3.8, 4) is 0 Å². The second kappa shape index (κ2) is 6.35. The zero-order valence-corrected chi connectivity index (χ0v) is 13.5. The molecule has 1 aliphatic carbocycles. The second-order valence-corrected chi connectivity index (χ2v) is 7.74. The first kappa shape index (κ1) is 16.9. The van der Waals surface area contributed by atoms with Crippen molar-refractivity contribution in [1.29, 1.82) is 0 Å². The van der Waals surface area contributed by atoms with Gasteiger partial charge in [0, 0.05) is 28.5 Å². The van der Waals surface area contributed by atoms with Crippen molar-refractivity contribution in [3.63, 3.8) is 0 Å². The van der Waals surface area contributed by atoms with E-state index < -0.39 is 16.0 Å². The molecule has 1 atom stereocenters. The van der Waals surface area contributed by atoms with Gasteiger partial charge in [0.05, 0.1) is 10.5 Å². The zero-order valence-electron chi connectivity index (χ0n) is 11.2. The first-order valence-corrected chi connectivity index (χ1v) is 8.39. The Morgan fingerprint density at radius 1 is 1.05 bits per heavy atom. The van der Waals surface area contributed by atoms with Gasteiger partial charge in [0.1, 0.15) is 0 Å². The second-order valence-electron chi connectivity index (χ2n) is 5.32. The quantitative estimate of drug-likeness (QED) is 0.684. The molecule has 0 N–H and O–H groups in total. The molecule has 0 spiro atoms. The van der Waals surface area contributed by atoms with Gasteiger partial charge >= 0.3 is 5.51 Å². The normalized spacial score (nSPS) is 17.8. The minimum Gasteiger partial charge on any atom is -1.00 e. The van der Waals surface area contributed by atoms with E-state index in [4.69, 9.17) is 11.6 Å². The number of fused-ring (bicyclic) bond motifs is 1. The Kier molecular flexibility index (Phi) is 5.11. The van der Waals surface area contributed by atoms with Crippen molar-refractivity contribution in [2.24, 2.45) is 0 Å². The maximum Gasteiger partial charge on any atom is 0.600 e. The average molecular weight is 355 g/mol. The molecule has 0 bridgehead atoms. The van der Waals surface area contributed by atoms with Gasteiger partial charge in [-0.3, -0.25) is 0 Å². The van der Waals surface area contributed by atoms with Gasteiger partial charge in [0.2, 0.25) is 0 Å². The predicted molar refractivity (Wildman–Crippen MR) is 78.6 cm³/mol. The van der Waals surface area contributed by atoms with Crippen LogP contribution in [-0.4, -0.2) is 0 Å². The fourth-order valence-electron chi connectivity index (χ4n) is 3.07. The van der Waals surface area contributed by atoms with Crippen LogP contribution in [0.2, 0.25) is 5.02 Å². The molecule has 1 fully saturated rings. The zero-order chi connectivity index (χ0) is 14.3. The molecule has 0 amide bonds. The molecule has 21 heavy (non-hydrogen) atoms. The highest BCUT2D eigenvalue weighted by molar-refractivity contribution is 7.38. The summed E-state index contributed by atoms with van der Waals surface area (Å²) in [6.07, 6.45) is 4.98. The standard InChI is InChI=1S/C15H15ClF3S.ClH/c16-12-7-6-11-8-13(10-4-2-1-3-5-10)20(14(11)9-12)15(17,18)19;/h6-10H,1-5H2;1H/q+1;/p-1. The molecule has 1 aromatic carbocycles. The Morgan fingerprint density at radius 2 is 1.71 bits per heavy atom. The summed E-state index contributed by atoms with van der Waals surface area (Å²) in [7, 11) is -1.79. The molecular formula is C15H15Cl2F3S. The predicted octanol–water partition coefficient (Wildman–Crippen LogP) is 3.77. The third-order valence-corrected chi connectivity index (χ3v) is 6.38. The molecule has 1 saturated carbocycles. The largest absolute Gasteiger partial charge is 1.00 e. The van der Waals surface area contributed by atoms with E-state index in [1.165, 1.54) is 6.07 Å². The SMILES string of the molecule is FC(F)(F)[s+]1c(C2CCCCC2)cc2ccc(Cl)cc21.[Cl-]. The maximum absolute atomic E-state index is 13.5. The van der Waals surface area contributed by atoms with Gasteiger partial charge in [-0.15, -0.1) is 13.2 Å². The van der Waals surface area contributed by atoms with Crippen LogP contribution in [-0.2, 0) is 5.51 Å². The highest BCUT2D eigenvalue weighted by Gasteiger charge is 2.49. The number of benzene rings is 1. The molecule has 0 nitrogen and oxygen atoms in total.